The van der Waals surface area contributed by atoms with E-state index >= 15 is 0 Å². The van der Waals surface area contributed by atoms with Crippen molar-refractivity contribution >= 4 is 5.69 Å². The van der Waals surface area contributed by atoms with Crippen LogP contribution in [0.15, 0.2) is 18.2 Å². The van der Waals surface area contributed by atoms with Crippen LogP contribution in [0.25, 0.3) is 0 Å². The zero-order chi connectivity index (χ0) is 13.9. The van der Waals surface area contributed by atoms with E-state index < -0.39 is 0 Å². The molecule has 0 aliphatic rings. The Morgan fingerprint density at radius 1 is 1.33 bits per heavy atom. The minimum Gasteiger partial charge on any atom is -0.374 e. The third-order valence-electron chi connectivity index (χ3n) is 2.74. The van der Waals surface area contributed by atoms with Gasteiger partial charge in [-0.3, -0.25) is 0 Å². The molecule has 1 aromatic carbocycles. The Morgan fingerprint density at radius 2 is 1.94 bits per heavy atom. The second kappa shape index (κ2) is 5.70. The van der Waals surface area contributed by atoms with Crippen LogP contribution in [0, 0.1) is 11.2 Å². The summed E-state index contributed by atoms with van der Waals surface area (Å²) in [5, 5.41) is 0. The topological polar surface area (TPSA) is 29.3 Å². The number of nitrogens with zero attached hydrogens (tertiary/aromatic N) is 1. The predicted octanol–water partition coefficient (Wildman–Crippen LogP) is 3.20. The summed E-state index contributed by atoms with van der Waals surface area (Å²) < 4.78 is 13.9. The summed E-state index contributed by atoms with van der Waals surface area (Å²) in [7, 11) is 2.00. The normalized spacial score (nSPS) is 13.5. The van der Waals surface area contributed by atoms with E-state index in [1.54, 1.807) is 6.07 Å². The molecule has 18 heavy (non-hydrogen) atoms. The number of anilines is 1. The van der Waals surface area contributed by atoms with Crippen LogP contribution < -0.4 is 10.6 Å². The van der Waals surface area contributed by atoms with Crippen LogP contribution in [-0.2, 0) is 6.42 Å². The Labute approximate surface area is 110 Å². The van der Waals surface area contributed by atoms with Gasteiger partial charge in [0.25, 0.3) is 0 Å². The minimum atomic E-state index is -0.162. The molecule has 0 aliphatic carbocycles. The van der Waals surface area contributed by atoms with E-state index in [0.29, 0.717) is 6.42 Å². The van der Waals surface area contributed by atoms with Gasteiger partial charge in [-0.25, -0.2) is 4.39 Å². The summed E-state index contributed by atoms with van der Waals surface area (Å²) in [5.41, 5.74) is 7.65. The lowest BCUT2D eigenvalue weighted by Crippen LogP contribution is -2.30. The zero-order valence-electron chi connectivity index (χ0n) is 12.1. The number of nitrogens with two attached hydrogens (primary N) is 1. The molecule has 1 unspecified atom stereocenters. The van der Waals surface area contributed by atoms with Crippen LogP contribution in [-0.4, -0.2) is 19.6 Å². The van der Waals surface area contributed by atoms with Gasteiger partial charge in [0.2, 0.25) is 0 Å². The van der Waals surface area contributed by atoms with Gasteiger partial charge >= 0.3 is 0 Å². The summed E-state index contributed by atoms with van der Waals surface area (Å²) in [6.07, 6.45) is 0.566. The molecule has 0 aromatic heterocycles. The Balaban J connectivity index is 3.03. The smallest absolute Gasteiger partial charge is 0.128 e. The minimum absolute atomic E-state index is 0.0383. The van der Waals surface area contributed by atoms with E-state index in [0.717, 1.165) is 17.8 Å². The summed E-state index contributed by atoms with van der Waals surface area (Å²) in [5.74, 6) is -0.162. The maximum atomic E-state index is 13.9. The first-order chi connectivity index (χ1) is 8.20. The average Bonchev–Trinajstić information content (AvgIpc) is 2.17. The molecular weight excluding hydrogens is 227 g/mol. The highest BCUT2D eigenvalue weighted by Crippen LogP contribution is 2.26. The first kappa shape index (κ1) is 15.0. The quantitative estimate of drug-likeness (QED) is 0.891. The molecule has 102 valence electrons. The largest absolute Gasteiger partial charge is 0.374 e. The predicted molar refractivity (Wildman–Crippen MR) is 76.5 cm³/mol. The first-order valence-electron chi connectivity index (χ1n) is 6.45. The second-order valence-corrected chi connectivity index (χ2v) is 6.34. The van der Waals surface area contributed by atoms with Crippen LogP contribution >= 0.6 is 0 Å². The van der Waals surface area contributed by atoms with Crippen molar-refractivity contribution in [2.45, 2.75) is 40.2 Å². The van der Waals surface area contributed by atoms with Crippen molar-refractivity contribution < 1.29 is 4.39 Å². The number of hydrogen-bond donors (Lipinski definition) is 1. The number of hydrogen-bond acceptors (Lipinski definition) is 2. The van der Waals surface area contributed by atoms with Gasteiger partial charge in [0.05, 0.1) is 0 Å². The Morgan fingerprint density at radius 3 is 2.44 bits per heavy atom. The maximum absolute atomic E-state index is 13.9. The fourth-order valence-electron chi connectivity index (χ4n) is 2.23. The van der Waals surface area contributed by atoms with Gasteiger partial charge < -0.3 is 10.6 Å². The van der Waals surface area contributed by atoms with Gasteiger partial charge in [0, 0.05) is 30.9 Å². The highest BCUT2D eigenvalue weighted by molar-refractivity contribution is 5.54. The summed E-state index contributed by atoms with van der Waals surface area (Å²) in [4.78, 5) is 2.11. The molecule has 0 heterocycles. The number of rotatable bonds is 4. The van der Waals surface area contributed by atoms with Gasteiger partial charge in [0.15, 0.2) is 0 Å². The van der Waals surface area contributed by atoms with Crippen molar-refractivity contribution in [3.8, 4) is 0 Å². The molecule has 1 aromatic rings. The van der Waals surface area contributed by atoms with E-state index in [4.69, 9.17) is 5.73 Å². The molecule has 0 saturated carbocycles. The highest BCUT2D eigenvalue weighted by Gasteiger charge is 2.18. The lowest BCUT2D eigenvalue weighted by Gasteiger charge is -2.30. The average molecular weight is 252 g/mol. The molecule has 1 atom stereocenters. The molecule has 0 aliphatic heterocycles. The first-order valence-corrected chi connectivity index (χ1v) is 6.45. The Hall–Kier alpha value is -1.09. The zero-order valence-corrected chi connectivity index (χ0v) is 12.1. The summed E-state index contributed by atoms with van der Waals surface area (Å²) in [6, 6.07) is 5.19. The van der Waals surface area contributed by atoms with Gasteiger partial charge in [-0.15, -0.1) is 0 Å². The molecule has 0 saturated heterocycles. The van der Waals surface area contributed by atoms with Gasteiger partial charge in [-0.05, 0) is 30.9 Å². The SMILES string of the molecule is CC(N)Cc1c(F)cccc1N(C)CC(C)(C)C. The second-order valence-electron chi connectivity index (χ2n) is 6.34. The van der Waals surface area contributed by atoms with Gasteiger partial charge in [-0.1, -0.05) is 26.8 Å². The molecule has 2 N–H and O–H groups in total. The fraction of sp³-hybridized carbons (Fsp3) is 0.600. The Kier molecular flexibility index (Phi) is 4.74. The molecule has 0 radical (unpaired) electrons. The van der Waals surface area contributed by atoms with Crippen molar-refractivity contribution in [1.29, 1.82) is 0 Å². The fourth-order valence-corrected chi connectivity index (χ4v) is 2.23. The number of halogens is 1. The van der Waals surface area contributed by atoms with Crippen molar-refractivity contribution in [1.82, 2.24) is 0 Å². The van der Waals surface area contributed by atoms with E-state index in [2.05, 4.69) is 25.7 Å². The van der Waals surface area contributed by atoms with E-state index in [1.807, 2.05) is 20.0 Å². The molecule has 1 rings (SSSR count). The van der Waals surface area contributed by atoms with Crippen LogP contribution in [0.3, 0.4) is 0 Å². The molecular formula is C15H25FN2. The molecule has 2 nitrogen and oxygen atoms in total. The summed E-state index contributed by atoms with van der Waals surface area (Å²) in [6.45, 7) is 9.30. The van der Waals surface area contributed by atoms with Gasteiger partial charge in [-0.2, -0.15) is 0 Å². The molecule has 0 spiro atoms. The third-order valence-corrected chi connectivity index (χ3v) is 2.74. The van der Waals surface area contributed by atoms with Crippen LogP contribution in [0.1, 0.15) is 33.3 Å². The van der Waals surface area contributed by atoms with Gasteiger partial charge in [0.1, 0.15) is 5.82 Å². The number of benzene rings is 1. The lowest BCUT2D eigenvalue weighted by molar-refractivity contribution is 0.418. The van der Waals surface area contributed by atoms with E-state index in [-0.39, 0.29) is 17.3 Å². The van der Waals surface area contributed by atoms with E-state index in [1.165, 1.54) is 6.07 Å². The highest BCUT2D eigenvalue weighted by atomic mass is 19.1. The maximum Gasteiger partial charge on any atom is 0.128 e. The third kappa shape index (κ3) is 4.30. The van der Waals surface area contributed by atoms with Crippen molar-refractivity contribution in [3.63, 3.8) is 0 Å². The van der Waals surface area contributed by atoms with Crippen molar-refractivity contribution in [3.05, 3.63) is 29.6 Å². The Bertz CT molecular complexity index is 394. The van der Waals surface area contributed by atoms with Crippen LogP contribution in [0.5, 0.6) is 0 Å². The van der Waals surface area contributed by atoms with Crippen LogP contribution in [0.4, 0.5) is 10.1 Å². The van der Waals surface area contributed by atoms with Crippen LogP contribution in [0.2, 0.25) is 0 Å². The lowest BCUT2D eigenvalue weighted by atomic mass is 9.95. The monoisotopic (exact) mass is 252 g/mol. The standard InChI is InChI=1S/C15H25FN2/c1-11(17)9-12-13(16)7-6-8-14(12)18(5)10-15(2,3)4/h6-8,11H,9-10,17H2,1-5H3. The van der Waals surface area contributed by atoms with Crippen molar-refractivity contribution in [2.24, 2.45) is 11.1 Å². The molecule has 0 bridgehead atoms. The van der Waals surface area contributed by atoms with Crippen molar-refractivity contribution in [2.75, 3.05) is 18.5 Å². The van der Waals surface area contributed by atoms with E-state index in [9.17, 15) is 4.39 Å². The molecule has 0 amide bonds. The summed E-state index contributed by atoms with van der Waals surface area (Å²) >= 11 is 0. The molecule has 0 fully saturated rings. The molecule has 3 heteroatoms.